The Morgan fingerprint density at radius 1 is 1.44 bits per heavy atom. The number of hydrogen-bond acceptors (Lipinski definition) is 3. The summed E-state index contributed by atoms with van der Waals surface area (Å²) in [6, 6.07) is 9.83. The van der Waals surface area contributed by atoms with Crippen LogP contribution in [0, 0.1) is 0 Å². The lowest BCUT2D eigenvalue weighted by Crippen LogP contribution is -2.61. The molecule has 1 aromatic rings. The lowest BCUT2D eigenvalue weighted by atomic mass is 10.1. The summed E-state index contributed by atoms with van der Waals surface area (Å²) >= 11 is 0. The van der Waals surface area contributed by atoms with E-state index in [1.807, 2.05) is 35.2 Å². The van der Waals surface area contributed by atoms with Crippen molar-refractivity contribution in [2.75, 3.05) is 18.5 Å². The van der Waals surface area contributed by atoms with E-state index in [0.717, 1.165) is 18.7 Å². The first-order valence-electron chi connectivity index (χ1n) is 5.52. The third-order valence-corrected chi connectivity index (χ3v) is 3.11. The molecule has 86 valence electrons. The van der Waals surface area contributed by atoms with Crippen LogP contribution in [0.25, 0.3) is 0 Å². The molecule has 4 nitrogen and oxygen atoms in total. The number of amides is 1. The first kappa shape index (κ1) is 11.0. The van der Waals surface area contributed by atoms with Gasteiger partial charge in [-0.2, -0.15) is 0 Å². The Morgan fingerprint density at radius 3 is 2.75 bits per heavy atom. The van der Waals surface area contributed by atoms with Crippen molar-refractivity contribution < 1.29 is 4.79 Å². The molecular weight excluding hydrogens is 202 g/mol. The summed E-state index contributed by atoms with van der Waals surface area (Å²) in [6.07, 6.45) is 1.64. The van der Waals surface area contributed by atoms with E-state index in [9.17, 15) is 4.79 Å². The molecule has 2 rings (SSSR count). The van der Waals surface area contributed by atoms with E-state index in [-0.39, 0.29) is 5.91 Å². The largest absolute Gasteiger partial charge is 0.356 e. The number of nitrogens with one attached hydrogen (secondary N) is 1. The first-order chi connectivity index (χ1) is 7.68. The van der Waals surface area contributed by atoms with E-state index in [4.69, 9.17) is 5.73 Å². The minimum absolute atomic E-state index is 0.117. The molecule has 1 atom stereocenters. The van der Waals surface area contributed by atoms with Crippen LogP contribution in [-0.2, 0) is 4.79 Å². The van der Waals surface area contributed by atoms with Gasteiger partial charge in [-0.25, -0.2) is 0 Å². The van der Waals surface area contributed by atoms with Crippen molar-refractivity contribution >= 4 is 11.6 Å². The molecule has 16 heavy (non-hydrogen) atoms. The highest BCUT2D eigenvalue weighted by Gasteiger charge is 2.43. The molecule has 1 heterocycles. The van der Waals surface area contributed by atoms with E-state index < -0.39 is 5.66 Å². The number of benzene rings is 1. The molecule has 3 N–H and O–H groups in total. The predicted octanol–water partition coefficient (Wildman–Crippen LogP) is 0.688. The fourth-order valence-electron chi connectivity index (χ4n) is 2.26. The summed E-state index contributed by atoms with van der Waals surface area (Å²) in [7, 11) is 1.62. The zero-order valence-electron chi connectivity index (χ0n) is 9.44. The summed E-state index contributed by atoms with van der Waals surface area (Å²) in [6.45, 7) is 0.827. The van der Waals surface area contributed by atoms with Crippen LogP contribution in [-0.4, -0.2) is 25.2 Å². The Hall–Kier alpha value is -1.55. The molecule has 0 spiro atoms. The predicted molar refractivity (Wildman–Crippen MR) is 64.0 cm³/mol. The minimum Gasteiger partial charge on any atom is -0.356 e. The first-order valence-corrected chi connectivity index (χ1v) is 5.52. The molecular formula is C12H17N3O. The van der Waals surface area contributed by atoms with Gasteiger partial charge < -0.3 is 16.0 Å². The molecule has 1 aliphatic heterocycles. The molecule has 0 radical (unpaired) electrons. The second-order valence-corrected chi connectivity index (χ2v) is 4.09. The van der Waals surface area contributed by atoms with E-state index in [1.165, 1.54) is 0 Å². The van der Waals surface area contributed by atoms with Crippen molar-refractivity contribution in [1.82, 2.24) is 5.32 Å². The lowest BCUT2D eigenvalue weighted by molar-refractivity contribution is -0.125. The van der Waals surface area contributed by atoms with Gasteiger partial charge in [0.05, 0.1) is 0 Å². The van der Waals surface area contributed by atoms with Crippen molar-refractivity contribution in [1.29, 1.82) is 0 Å². The standard InChI is InChI=1S/C12H17N3O/c1-14-11(16)12(13)8-5-9-15(12)10-6-3-2-4-7-10/h2-4,6-7H,5,8-9,13H2,1H3,(H,14,16)/t12-/m1/s1. The highest BCUT2D eigenvalue weighted by Crippen LogP contribution is 2.30. The third kappa shape index (κ3) is 1.65. The van der Waals surface area contributed by atoms with Crippen LogP contribution in [0.15, 0.2) is 30.3 Å². The molecule has 1 aromatic carbocycles. The van der Waals surface area contributed by atoms with Gasteiger partial charge in [0.2, 0.25) is 0 Å². The van der Waals surface area contributed by atoms with E-state index >= 15 is 0 Å². The monoisotopic (exact) mass is 219 g/mol. The Morgan fingerprint density at radius 2 is 2.12 bits per heavy atom. The van der Waals surface area contributed by atoms with Crippen molar-refractivity contribution in [2.45, 2.75) is 18.5 Å². The number of nitrogens with two attached hydrogens (primary N) is 1. The quantitative estimate of drug-likeness (QED) is 0.769. The summed E-state index contributed by atoms with van der Waals surface area (Å²) in [5.41, 5.74) is 6.32. The molecule has 0 aliphatic carbocycles. The van der Waals surface area contributed by atoms with Gasteiger partial charge in [0, 0.05) is 19.3 Å². The van der Waals surface area contributed by atoms with Gasteiger partial charge in [0.1, 0.15) is 0 Å². The van der Waals surface area contributed by atoms with Gasteiger partial charge in [-0.1, -0.05) is 18.2 Å². The number of likely N-dealkylation sites (N-methyl/N-ethyl adjacent to an activating group) is 1. The van der Waals surface area contributed by atoms with Crippen LogP contribution in [0.2, 0.25) is 0 Å². The van der Waals surface area contributed by atoms with E-state index in [0.29, 0.717) is 6.42 Å². The van der Waals surface area contributed by atoms with Gasteiger partial charge in [0.25, 0.3) is 5.91 Å². The zero-order chi connectivity index (χ0) is 11.6. The van der Waals surface area contributed by atoms with Gasteiger partial charge in [0.15, 0.2) is 5.66 Å². The lowest BCUT2D eigenvalue weighted by Gasteiger charge is -2.34. The average molecular weight is 219 g/mol. The number of para-hydroxylation sites is 1. The zero-order valence-corrected chi connectivity index (χ0v) is 9.44. The van der Waals surface area contributed by atoms with Gasteiger partial charge in [-0.05, 0) is 25.0 Å². The molecule has 0 aromatic heterocycles. The summed E-state index contributed by atoms with van der Waals surface area (Å²) in [5, 5.41) is 2.64. The van der Waals surface area contributed by atoms with Crippen LogP contribution < -0.4 is 16.0 Å². The maximum absolute atomic E-state index is 11.8. The van der Waals surface area contributed by atoms with Crippen molar-refractivity contribution in [3.63, 3.8) is 0 Å². The topological polar surface area (TPSA) is 58.4 Å². The van der Waals surface area contributed by atoms with Gasteiger partial charge in [-0.3, -0.25) is 4.79 Å². The van der Waals surface area contributed by atoms with Crippen LogP contribution in [0.4, 0.5) is 5.69 Å². The molecule has 1 saturated heterocycles. The fourth-order valence-corrected chi connectivity index (χ4v) is 2.26. The smallest absolute Gasteiger partial charge is 0.260 e. The maximum atomic E-state index is 11.8. The van der Waals surface area contributed by atoms with Crippen LogP contribution in [0.3, 0.4) is 0 Å². The summed E-state index contributed by atoms with van der Waals surface area (Å²) in [5.74, 6) is -0.117. The molecule has 1 aliphatic rings. The SMILES string of the molecule is CNC(=O)[C@@]1(N)CCCN1c1ccccc1. The highest BCUT2D eigenvalue weighted by molar-refractivity contribution is 5.89. The Labute approximate surface area is 95.4 Å². The molecule has 0 unspecified atom stereocenters. The highest BCUT2D eigenvalue weighted by atomic mass is 16.2. The van der Waals surface area contributed by atoms with Crippen molar-refractivity contribution in [3.05, 3.63) is 30.3 Å². The number of carbonyl (C=O) groups excluding carboxylic acids is 1. The van der Waals surface area contributed by atoms with E-state index in [2.05, 4.69) is 5.32 Å². The van der Waals surface area contributed by atoms with Crippen LogP contribution >= 0.6 is 0 Å². The normalized spacial score (nSPS) is 24.5. The third-order valence-electron chi connectivity index (χ3n) is 3.11. The minimum atomic E-state index is -0.893. The van der Waals surface area contributed by atoms with Crippen LogP contribution in [0.5, 0.6) is 0 Å². The number of anilines is 1. The second-order valence-electron chi connectivity index (χ2n) is 4.09. The molecule has 1 amide bonds. The summed E-state index contributed by atoms with van der Waals surface area (Å²) < 4.78 is 0. The Balaban J connectivity index is 2.31. The van der Waals surface area contributed by atoms with Crippen molar-refractivity contribution in [2.24, 2.45) is 5.73 Å². The van der Waals surface area contributed by atoms with Gasteiger partial charge in [-0.15, -0.1) is 0 Å². The molecule has 1 fully saturated rings. The average Bonchev–Trinajstić information content (AvgIpc) is 2.72. The number of carbonyl (C=O) groups is 1. The molecule has 4 heteroatoms. The van der Waals surface area contributed by atoms with Crippen LogP contribution in [0.1, 0.15) is 12.8 Å². The Bertz CT molecular complexity index is 379. The Kier molecular flexibility index (Phi) is 2.83. The van der Waals surface area contributed by atoms with Gasteiger partial charge >= 0.3 is 0 Å². The maximum Gasteiger partial charge on any atom is 0.260 e. The molecule has 0 bridgehead atoms. The van der Waals surface area contributed by atoms with E-state index in [1.54, 1.807) is 7.05 Å². The second kappa shape index (κ2) is 4.14. The number of hydrogen-bond donors (Lipinski definition) is 2. The summed E-state index contributed by atoms with van der Waals surface area (Å²) in [4.78, 5) is 13.8. The number of rotatable bonds is 2. The fraction of sp³-hybridized carbons (Fsp3) is 0.417. The van der Waals surface area contributed by atoms with Crippen molar-refractivity contribution in [3.8, 4) is 0 Å². The number of nitrogens with zero attached hydrogens (tertiary/aromatic N) is 1. The molecule has 0 saturated carbocycles.